The van der Waals surface area contributed by atoms with Gasteiger partial charge >= 0.3 is 12.1 Å². The van der Waals surface area contributed by atoms with Crippen molar-refractivity contribution in [3.8, 4) is 11.6 Å². The quantitative estimate of drug-likeness (QED) is 0.829. The Bertz CT molecular complexity index is 736. The van der Waals surface area contributed by atoms with Crippen LogP contribution in [0.25, 0.3) is 5.69 Å². The smallest absolute Gasteiger partial charge is 0.416 e. The first kappa shape index (κ1) is 17.4. The van der Waals surface area contributed by atoms with Crippen LogP contribution in [0, 0.1) is 0 Å². The van der Waals surface area contributed by atoms with Gasteiger partial charge in [-0.15, -0.1) is 0 Å². The van der Waals surface area contributed by atoms with Gasteiger partial charge in [-0.05, 0) is 19.1 Å². The minimum atomic E-state index is -4.63. The molecule has 0 fully saturated rings. The van der Waals surface area contributed by atoms with Gasteiger partial charge in [-0.25, -0.2) is 4.79 Å². The highest BCUT2D eigenvalue weighted by Gasteiger charge is 2.33. The first-order chi connectivity index (χ1) is 10.7. The Morgan fingerprint density at radius 1 is 1.35 bits per heavy atom. The molecule has 5 nitrogen and oxygen atoms in total. The monoisotopic (exact) mass is 368 g/mol. The maximum atomic E-state index is 12.7. The summed E-state index contributed by atoms with van der Waals surface area (Å²) in [5, 5.41) is 13.0. The zero-order chi connectivity index (χ0) is 17.4. The van der Waals surface area contributed by atoms with Crippen molar-refractivity contribution in [3.05, 3.63) is 39.5 Å². The summed E-state index contributed by atoms with van der Waals surface area (Å²) in [4.78, 5) is 11.6. The number of aromatic nitrogens is 2. The van der Waals surface area contributed by atoms with Gasteiger partial charge in [0, 0.05) is 0 Å². The summed E-state index contributed by atoms with van der Waals surface area (Å²) in [5.41, 5.74) is -1.50. The number of nitrogens with zero attached hydrogens (tertiary/aromatic N) is 2. The second-order valence-electron chi connectivity index (χ2n) is 4.30. The van der Waals surface area contributed by atoms with Crippen LogP contribution >= 0.6 is 23.2 Å². The van der Waals surface area contributed by atoms with E-state index in [9.17, 15) is 23.1 Å². The highest BCUT2D eigenvalue weighted by atomic mass is 35.5. The maximum Gasteiger partial charge on any atom is 0.416 e. The predicted molar refractivity (Wildman–Crippen MR) is 76.2 cm³/mol. The molecule has 2 aromatic rings. The van der Waals surface area contributed by atoms with Gasteiger partial charge < -0.3 is 9.84 Å². The lowest BCUT2D eigenvalue weighted by molar-refractivity contribution is -0.137. The van der Waals surface area contributed by atoms with E-state index in [4.69, 9.17) is 27.9 Å². The van der Waals surface area contributed by atoms with E-state index in [-0.39, 0.29) is 17.9 Å². The number of carbonyl (C=O) groups is 1. The molecule has 1 N–H and O–H groups in total. The molecule has 2 rings (SSSR count). The molecule has 0 radical (unpaired) electrons. The number of halogens is 5. The van der Waals surface area contributed by atoms with Crippen LogP contribution in [-0.4, -0.2) is 27.5 Å². The number of hydrogen-bond acceptors (Lipinski definition) is 4. The molecule has 23 heavy (non-hydrogen) atoms. The molecular weight excluding hydrogens is 360 g/mol. The Morgan fingerprint density at radius 3 is 2.39 bits per heavy atom. The number of esters is 1. The zero-order valence-electron chi connectivity index (χ0n) is 11.5. The highest BCUT2D eigenvalue weighted by Crippen LogP contribution is 2.38. The van der Waals surface area contributed by atoms with Gasteiger partial charge in [0.25, 0.3) is 0 Å². The number of hydrogen-bond donors (Lipinski definition) is 1. The third-order valence-corrected chi connectivity index (χ3v) is 3.37. The predicted octanol–water partition coefficient (Wildman–Crippen LogP) is 4.08. The van der Waals surface area contributed by atoms with Gasteiger partial charge in [0.1, 0.15) is 11.3 Å². The number of rotatable bonds is 3. The average Bonchev–Trinajstić information content (AvgIpc) is 2.79. The van der Waals surface area contributed by atoms with Crippen molar-refractivity contribution in [2.24, 2.45) is 0 Å². The van der Waals surface area contributed by atoms with Crippen LogP contribution in [0.3, 0.4) is 0 Å². The first-order valence-electron chi connectivity index (χ1n) is 6.17. The molecule has 0 bridgehead atoms. The van der Waals surface area contributed by atoms with Crippen molar-refractivity contribution in [2.75, 3.05) is 6.61 Å². The molecule has 1 heterocycles. The van der Waals surface area contributed by atoms with Crippen molar-refractivity contribution in [1.29, 1.82) is 0 Å². The minimum absolute atomic E-state index is 0.0746. The molecule has 0 saturated carbocycles. The molecule has 0 spiro atoms. The van der Waals surface area contributed by atoms with E-state index in [0.29, 0.717) is 12.1 Å². The van der Waals surface area contributed by atoms with Crippen molar-refractivity contribution in [3.63, 3.8) is 0 Å². The average molecular weight is 369 g/mol. The second kappa shape index (κ2) is 6.29. The largest absolute Gasteiger partial charge is 0.493 e. The molecule has 0 unspecified atom stereocenters. The maximum absolute atomic E-state index is 12.7. The Labute approximate surface area is 138 Å². The normalized spacial score (nSPS) is 11.6. The molecular formula is C13H9Cl2F3N2O3. The van der Waals surface area contributed by atoms with Crippen LogP contribution in [0.2, 0.25) is 10.0 Å². The fourth-order valence-electron chi connectivity index (χ4n) is 1.79. The van der Waals surface area contributed by atoms with Crippen LogP contribution in [0.4, 0.5) is 13.2 Å². The van der Waals surface area contributed by atoms with E-state index in [0.717, 1.165) is 10.9 Å². The van der Waals surface area contributed by atoms with Crippen LogP contribution in [0.5, 0.6) is 5.88 Å². The molecule has 10 heteroatoms. The van der Waals surface area contributed by atoms with E-state index in [2.05, 4.69) is 5.10 Å². The summed E-state index contributed by atoms with van der Waals surface area (Å²) in [7, 11) is 0. The van der Waals surface area contributed by atoms with Crippen molar-refractivity contribution in [2.45, 2.75) is 13.1 Å². The van der Waals surface area contributed by atoms with E-state index in [1.807, 2.05) is 0 Å². The fourth-order valence-corrected chi connectivity index (χ4v) is 2.44. The van der Waals surface area contributed by atoms with E-state index >= 15 is 0 Å². The molecule has 0 atom stereocenters. The first-order valence-corrected chi connectivity index (χ1v) is 6.93. The van der Waals surface area contributed by atoms with Gasteiger partial charge in [0.05, 0.1) is 28.4 Å². The topological polar surface area (TPSA) is 64.3 Å². The Kier molecular flexibility index (Phi) is 4.76. The zero-order valence-corrected chi connectivity index (χ0v) is 13.0. The SMILES string of the molecule is CCOC(=O)c1cnn(-c2c(Cl)cc(C(F)(F)F)cc2Cl)c1O. The second-order valence-corrected chi connectivity index (χ2v) is 5.11. The summed E-state index contributed by atoms with van der Waals surface area (Å²) in [5.74, 6) is -1.48. The van der Waals surface area contributed by atoms with Crippen molar-refractivity contribution < 1.29 is 27.8 Å². The molecule has 1 aromatic heterocycles. The number of ether oxygens (including phenoxy) is 1. The summed E-state index contributed by atoms with van der Waals surface area (Å²) in [6.45, 7) is 1.65. The summed E-state index contributed by atoms with van der Waals surface area (Å²) in [6, 6.07) is 1.29. The molecule has 1 aromatic carbocycles. The summed E-state index contributed by atoms with van der Waals surface area (Å²) >= 11 is 11.6. The third-order valence-electron chi connectivity index (χ3n) is 2.80. The standard InChI is InChI=1S/C13H9Cl2F3N2O3/c1-2-23-12(22)7-5-19-20(11(7)21)10-8(14)3-6(4-9(10)15)13(16,17)18/h3-5,21H,2H2,1H3. The van der Waals surface area contributed by atoms with Crippen LogP contribution in [0.15, 0.2) is 18.3 Å². The Balaban J connectivity index is 2.54. The molecule has 0 amide bonds. The lowest BCUT2D eigenvalue weighted by Gasteiger charge is -2.12. The molecule has 0 saturated heterocycles. The summed E-state index contributed by atoms with van der Waals surface area (Å²) < 4.78 is 43.6. The summed E-state index contributed by atoms with van der Waals surface area (Å²) in [6.07, 6.45) is -3.63. The number of carbonyl (C=O) groups excluding carboxylic acids is 1. The fraction of sp³-hybridized carbons (Fsp3) is 0.231. The van der Waals surface area contributed by atoms with E-state index < -0.39 is 33.6 Å². The Hall–Kier alpha value is -1.93. The molecule has 0 aliphatic rings. The van der Waals surface area contributed by atoms with Gasteiger partial charge in [-0.2, -0.15) is 23.0 Å². The Morgan fingerprint density at radius 2 is 1.91 bits per heavy atom. The van der Waals surface area contributed by atoms with Crippen LogP contribution in [-0.2, 0) is 10.9 Å². The lowest BCUT2D eigenvalue weighted by Crippen LogP contribution is -2.07. The van der Waals surface area contributed by atoms with Gasteiger partial charge in [-0.3, -0.25) is 0 Å². The van der Waals surface area contributed by atoms with Crippen LogP contribution < -0.4 is 0 Å². The third kappa shape index (κ3) is 3.37. The number of alkyl halides is 3. The number of benzene rings is 1. The molecule has 0 aliphatic heterocycles. The van der Waals surface area contributed by atoms with E-state index in [1.54, 1.807) is 6.92 Å². The van der Waals surface area contributed by atoms with Crippen LogP contribution in [0.1, 0.15) is 22.8 Å². The minimum Gasteiger partial charge on any atom is -0.493 e. The highest BCUT2D eigenvalue weighted by molar-refractivity contribution is 6.37. The van der Waals surface area contributed by atoms with Gasteiger partial charge in [-0.1, -0.05) is 23.2 Å². The van der Waals surface area contributed by atoms with E-state index in [1.165, 1.54) is 0 Å². The molecule has 124 valence electrons. The lowest BCUT2D eigenvalue weighted by atomic mass is 10.2. The molecule has 0 aliphatic carbocycles. The van der Waals surface area contributed by atoms with Crippen molar-refractivity contribution in [1.82, 2.24) is 9.78 Å². The number of aromatic hydroxyl groups is 1. The van der Waals surface area contributed by atoms with Gasteiger partial charge in [0.15, 0.2) is 0 Å². The van der Waals surface area contributed by atoms with Crippen molar-refractivity contribution >= 4 is 29.2 Å². The van der Waals surface area contributed by atoms with Gasteiger partial charge in [0.2, 0.25) is 5.88 Å².